The van der Waals surface area contributed by atoms with Gasteiger partial charge in [-0.2, -0.15) is 0 Å². The van der Waals surface area contributed by atoms with E-state index in [1.807, 2.05) is 6.92 Å². The van der Waals surface area contributed by atoms with Gasteiger partial charge < -0.3 is 9.47 Å². The van der Waals surface area contributed by atoms with Gasteiger partial charge in [-0.05, 0) is 44.4 Å². The molecule has 0 aromatic carbocycles. The summed E-state index contributed by atoms with van der Waals surface area (Å²) in [5.41, 5.74) is -0.323. The standard InChI is InChI=1S/C17H34O3/c1-7-16(8-2,9-3)17(10-4,11-5)15(18)20-14-13-19-12-6/h7-14H2,1-6H3. The Bertz CT molecular complexity index is 257. The van der Waals surface area contributed by atoms with E-state index in [2.05, 4.69) is 34.6 Å². The van der Waals surface area contributed by atoms with Crippen LogP contribution in [0.25, 0.3) is 0 Å². The smallest absolute Gasteiger partial charge is 0.312 e. The summed E-state index contributed by atoms with van der Waals surface area (Å²) in [6, 6.07) is 0. The fourth-order valence-electron chi connectivity index (χ4n) is 3.75. The number of rotatable bonds is 11. The van der Waals surface area contributed by atoms with Crippen molar-refractivity contribution in [1.82, 2.24) is 0 Å². The molecule has 0 unspecified atom stereocenters. The lowest BCUT2D eigenvalue weighted by Gasteiger charge is -2.47. The Morgan fingerprint density at radius 1 is 0.800 bits per heavy atom. The lowest BCUT2D eigenvalue weighted by molar-refractivity contribution is -0.170. The number of hydrogen-bond acceptors (Lipinski definition) is 3. The molecule has 0 fully saturated rings. The van der Waals surface area contributed by atoms with Crippen molar-refractivity contribution in [1.29, 1.82) is 0 Å². The Hall–Kier alpha value is -0.570. The maximum Gasteiger partial charge on any atom is 0.312 e. The van der Waals surface area contributed by atoms with Crippen molar-refractivity contribution in [3.05, 3.63) is 0 Å². The van der Waals surface area contributed by atoms with Crippen LogP contribution in [0.1, 0.15) is 73.6 Å². The Labute approximate surface area is 125 Å². The zero-order chi connectivity index (χ0) is 15.6. The third-order valence-electron chi connectivity index (χ3n) is 5.31. The first-order chi connectivity index (χ1) is 9.53. The normalized spacial score (nSPS) is 12.5. The van der Waals surface area contributed by atoms with E-state index < -0.39 is 0 Å². The van der Waals surface area contributed by atoms with Crippen molar-refractivity contribution in [2.24, 2.45) is 10.8 Å². The van der Waals surface area contributed by atoms with Crippen molar-refractivity contribution >= 4 is 5.97 Å². The van der Waals surface area contributed by atoms with Crippen LogP contribution in [-0.4, -0.2) is 25.8 Å². The summed E-state index contributed by atoms with van der Waals surface area (Å²) in [4.78, 5) is 12.7. The second-order valence-corrected chi connectivity index (χ2v) is 5.46. The second kappa shape index (κ2) is 9.38. The lowest BCUT2D eigenvalue weighted by atomic mass is 9.56. The molecule has 0 atom stereocenters. The minimum absolute atomic E-state index is 0.0345. The fraction of sp³-hybridized carbons (Fsp3) is 0.941. The van der Waals surface area contributed by atoms with Gasteiger partial charge in [-0.1, -0.05) is 34.6 Å². The highest BCUT2D eigenvalue weighted by molar-refractivity contribution is 5.78. The number of carbonyl (C=O) groups excluding carboxylic acids is 1. The zero-order valence-electron chi connectivity index (χ0n) is 14.4. The summed E-state index contributed by atoms with van der Waals surface area (Å²) in [7, 11) is 0. The lowest BCUT2D eigenvalue weighted by Crippen LogP contribution is -2.47. The molecule has 0 aliphatic heterocycles. The van der Waals surface area contributed by atoms with E-state index in [-0.39, 0.29) is 16.8 Å². The van der Waals surface area contributed by atoms with Crippen molar-refractivity contribution < 1.29 is 14.3 Å². The number of hydrogen-bond donors (Lipinski definition) is 0. The Kier molecular flexibility index (Phi) is 9.11. The molecule has 0 bridgehead atoms. The molecule has 0 N–H and O–H groups in total. The molecule has 3 nitrogen and oxygen atoms in total. The maximum atomic E-state index is 12.7. The first kappa shape index (κ1) is 19.4. The first-order valence-corrected chi connectivity index (χ1v) is 8.28. The SMILES string of the molecule is CCOCCOC(=O)C(CC)(CC)C(CC)(CC)CC. The van der Waals surface area contributed by atoms with Crippen LogP contribution in [-0.2, 0) is 14.3 Å². The van der Waals surface area contributed by atoms with Crippen LogP contribution in [0.2, 0.25) is 0 Å². The molecule has 0 radical (unpaired) electrons. The summed E-state index contributed by atoms with van der Waals surface area (Å²) in [5.74, 6) is -0.0345. The highest BCUT2D eigenvalue weighted by atomic mass is 16.6. The third-order valence-corrected chi connectivity index (χ3v) is 5.31. The van der Waals surface area contributed by atoms with Crippen LogP contribution in [0, 0.1) is 10.8 Å². The molecule has 0 aliphatic rings. The van der Waals surface area contributed by atoms with Gasteiger partial charge in [0.05, 0.1) is 12.0 Å². The molecule has 20 heavy (non-hydrogen) atoms. The van der Waals surface area contributed by atoms with E-state index in [1.165, 1.54) is 0 Å². The summed E-state index contributed by atoms with van der Waals surface area (Å²) < 4.78 is 10.8. The van der Waals surface area contributed by atoms with Gasteiger partial charge in [0.1, 0.15) is 6.61 Å². The topological polar surface area (TPSA) is 35.5 Å². The molecule has 0 aliphatic carbocycles. The van der Waals surface area contributed by atoms with Crippen molar-refractivity contribution in [3.8, 4) is 0 Å². The average Bonchev–Trinajstić information content (AvgIpc) is 2.49. The molecular formula is C17H34O3. The first-order valence-electron chi connectivity index (χ1n) is 8.28. The summed E-state index contributed by atoms with van der Waals surface area (Å²) >= 11 is 0. The average molecular weight is 286 g/mol. The zero-order valence-corrected chi connectivity index (χ0v) is 14.4. The molecule has 0 amide bonds. The number of carbonyl (C=O) groups is 1. The number of ether oxygens (including phenoxy) is 2. The molecular weight excluding hydrogens is 252 g/mol. The Morgan fingerprint density at radius 2 is 1.30 bits per heavy atom. The van der Waals surface area contributed by atoms with Gasteiger partial charge in [-0.15, -0.1) is 0 Å². The van der Waals surface area contributed by atoms with Crippen molar-refractivity contribution in [2.75, 3.05) is 19.8 Å². The van der Waals surface area contributed by atoms with Gasteiger partial charge in [0.2, 0.25) is 0 Å². The van der Waals surface area contributed by atoms with Crippen LogP contribution in [0.3, 0.4) is 0 Å². The third kappa shape index (κ3) is 3.75. The van der Waals surface area contributed by atoms with Gasteiger partial charge in [0, 0.05) is 6.61 Å². The van der Waals surface area contributed by atoms with E-state index in [0.717, 1.165) is 32.1 Å². The van der Waals surface area contributed by atoms with Gasteiger partial charge in [-0.3, -0.25) is 4.79 Å². The molecule has 3 heteroatoms. The molecule has 0 saturated heterocycles. The number of esters is 1. The van der Waals surface area contributed by atoms with Gasteiger partial charge in [0.25, 0.3) is 0 Å². The summed E-state index contributed by atoms with van der Waals surface area (Å²) in [5, 5.41) is 0. The fourth-order valence-corrected chi connectivity index (χ4v) is 3.75. The van der Waals surface area contributed by atoms with Crippen molar-refractivity contribution in [3.63, 3.8) is 0 Å². The molecule has 0 rings (SSSR count). The molecule has 0 saturated carbocycles. The molecule has 0 aromatic rings. The largest absolute Gasteiger partial charge is 0.463 e. The van der Waals surface area contributed by atoms with E-state index >= 15 is 0 Å². The van der Waals surface area contributed by atoms with Gasteiger partial charge >= 0.3 is 5.97 Å². The van der Waals surface area contributed by atoms with Crippen LogP contribution in [0.15, 0.2) is 0 Å². The molecule has 0 aromatic heterocycles. The van der Waals surface area contributed by atoms with Crippen LogP contribution in [0.4, 0.5) is 0 Å². The highest BCUT2D eigenvalue weighted by Crippen LogP contribution is 2.52. The van der Waals surface area contributed by atoms with Gasteiger partial charge in [-0.25, -0.2) is 0 Å². The van der Waals surface area contributed by atoms with Crippen LogP contribution < -0.4 is 0 Å². The Morgan fingerprint density at radius 3 is 1.65 bits per heavy atom. The van der Waals surface area contributed by atoms with E-state index in [0.29, 0.717) is 19.8 Å². The van der Waals surface area contributed by atoms with E-state index in [1.54, 1.807) is 0 Å². The highest BCUT2D eigenvalue weighted by Gasteiger charge is 2.51. The minimum atomic E-state index is -0.364. The predicted molar refractivity (Wildman–Crippen MR) is 83.8 cm³/mol. The van der Waals surface area contributed by atoms with Gasteiger partial charge in [0.15, 0.2) is 0 Å². The second-order valence-electron chi connectivity index (χ2n) is 5.46. The maximum absolute atomic E-state index is 12.7. The van der Waals surface area contributed by atoms with Crippen molar-refractivity contribution in [2.45, 2.75) is 73.6 Å². The summed E-state index contributed by atoms with van der Waals surface area (Å²) in [6.07, 6.45) is 4.73. The Balaban J connectivity index is 5.11. The predicted octanol–water partition coefficient (Wildman–Crippen LogP) is 4.59. The minimum Gasteiger partial charge on any atom is -0.463 e. The van der Waals surface area contributed by atoms with E-state index in [9.17, 15) is 4.79 Å². The monoisotopic (exact) mass is 286 g/mol. The van der Waals surface area contributed by atoms with E-state index in [4.69, 9.17) is 9.47 Å². The van der Waals surface area contributed by atoms with Crippen LogP contribution >= 0.6 is 0 Å². The molecule has 0 spiro atoms. The van der Waals surface area contributed by atoms with Crippen LogP contribution in [0.5, 0.6) is 0 Å². The molecule has 0 heterocycles. The quantitative estimate of drug-likeness (QED) is 0.411. The summed E-state index contributed by atoms with van der Waals surface area (Å²) in [6.45, 7) is 14.3. The molecule has 120 valence electrons.